The Labute approximate surface area is 79.7 Å². The van der Waals surface area contributed by atoms with Crippen molar-refractivity contribution >= 4 is 0 Å². The summed E-state index contributed by atoms with van der Waals surface area (Å²) < 4.78 is 0. The van der Waals surface area contributed by atoms with Gasteiger partial charge in [0, 0.05) is 6.20 Å². The van der Waals surface area contributed by atoms with Gasteiger partial charge in [-0.2, -0.15) is 0 Å². The largest absolute Gasteiger partial charge is 0.308 e. The number of pyridine rings is 1. The summed E-state index contributed by atoms with van der Waals surface area (Å²) in [5.74, 6) is 0. The maximum Gasteiger partial charge on any atom is 0.0703 e. The standard InChI is InChI=1S/C11H16N2/c1-8(2)11(12-4)10-6-5-9(3)7-13-10/h5-7,11-12H,1H2,2-4H3. The second-order valence-electron chi connectivity index (χ2n) is 3.33. The lowest BCUT2D eigenvalue weighted by atomic mass is 10.1. The Morgan fingerprint density at radius 3 is 2.62 bits per heavy atom. The van der Waals surface area contributed by atoms with E-state index in [-0.39, 0.29) is 6.04 Å². The normalized spacial score (nSPS) is 12.5. The quantitative estimate of drug-likeness (QED) is 0.714. The van der Waals surface area contributed by atoms with Crippen LogP contribution in [0.2, 0.25) is 0 Å². The molecule has 1 unspecified atom stereocenters. The molecule has 0 fully saturated rings. The molecule has 70 valence electrons. The summed E-state index contributed by atoms with van der Waals surface area (Å²) in [6, 6.07) is 4.27. The van der Waals surface area contributed by atoms with Gasteiger partial charge in [0.15, 0.2) is 0 Å². The number of hydrogen-bond acceptors (Lipinski definition) is 2. The Bertz CT molecular complexity index is 287. The summed E-state index contributed by atoms with van der Waals surface area (Å²) in [5, 5.41) is 3.18. The Morgan fingerprint density at radius 1 is 1.54 bits per heavy atom. The summed E-state index contributed by atoms with van der Waals surface area (Å²) in [5.41, 5.74) is 3.29. The van der Waals surface area contributed by atoms with Gasteiger partial charge in [0.1, 0.15) is 0 Å². The number of likely N-dealkylation sites (N-methyl/N-ethyl adjacent to an activating group) is 1. The van der Waals surface area contributed by atoms with Crippen LogP contribution in [0.3, 0.4) is 0 Å². The van der Waals surface area contributed by atoms with E-state index in [2.05, 4.69) is 22.9 Å². The monoisotopic (exact) mass is 176 g/mol. The highest BCUT2D eigenvalue weighted by molar-refractivity contribution is 5.21. The minimum Gasteiger partial charge on any atom is -0.308 e. The molecule has 1 aromatic rings. The second-order valence-corrected chi connectivity index (χ2v) is 3.33. The van der Waals surface area contributed by atoms with Crippen molar-refractivity contribution in [2.45, 2.75) is 19.9 Å². The molecule has 0 saturated heterocycles. The molecular weight excluding hydrogens is 160 g/mol. The summed E-state index contributed by atoms with van der Waals surface area (Å²) in [6.45, 7) is 7.96. The molecular formula is C11H16N2. The summed E-state index contributed by atoms with van der Waals surface area (Å²) in [6.07, 6.45) is 1.88. The predicted octanol–water partition coefficient (Wildman–Crippen LogP) is 2.23. The molecule has 0 radical (unpaired) electrons. The third kappa shape index (κ3) is 2.39. The highest BCUT2D eigenvalue weighted by atomic mass is 14.9. The van der Waals surface area contributed by atoms with Gasteiger partial charge in [-0.25, -0.2) is 0 Å². The zero-order valence-electron chi connectivity index (χ0n) is 8.46. The summed E-state index contributed by atoms with van der Waals surface area (Å²) in [7, 11) is 1.92. The zero-order chi connectivity index (χ0) is 9.84. The van der Waals surface area contributed by atoms with Crippen LogP contribution in [-0.4, -0.2) is 12.0 Å². The van der Waals surface area contributed by atoms with Crippen LogP contribution in [-0.2, 0) is 0 Å². The summed E-state index contributed by atoms with van der Waals surface area (Å²) >= 11 is 0. The average molecular weight is 176 g/mol. The van der Waals surface area contributed by atoms with E-state index in [9.17, 15) is 0 Å². The third-order valence-corrected chi connectivity index (χ3v) is 2.01. The Kier molecular flexibility index (Phi) is 3.20. The fourth-order valence-corrected chi connectivity index (χ4v) is 1.30. The van der Waals surface area contributed by atoms with Crippen LogP contribution in [0.15, 0.2) is 30.5 Å². The number of nitrogens with one attached hydrogen (secondary N) is 1. The Balaban J connectivity index is 2.92. The van der Waals surface area contributed by atoms with Gasteiger partial charge in [0.25, 0.3) is 0 Å². The SMILES string of the molecule is C=C(C)C(NC)c1ccc(C)cn1. The Morgan fingerprint density at radius 2 is 2.23 bits per heavy atom. The minimum absolute atomic E-state index is 0.167. The van der Waals surface area contributed by atoms with Crippen molar-refractivity contribution < 1.29 is 0 Å². The number of hydrogen-bond donors (Lipinski definition) is 1. The first-order valence-corrected chi connectivity index (χ1v) is 4.40. The lowest BCUT2D eigenvalue weighted by molar-refractivity contribution is 0.659. The van der Waals surface area contributed by atoms with Crippen LogP contribution in [0, 0.1) is 6.92 Å². The fourth-order valence-electron chi connectivity index (χ4n) is 1.30. The van der Waals surface area contributed by atoms with E-state index >= 15 is 0 Å². The molecule has 0 aromatic carbocycles. The van der Waals surface area contributed by atoms with Crippen molar-refractivity contribution in [3.8, 4) is 0 Å². The number of rotatable bonds is 3. The Hall–Kier alpha value is -1.15. The van der Waals surface area contributed by atoms with E-state index in [1.807, 2.05) is 33.2 Å². The van der Waals surface area contributed by atoms with Crippen LogP contribution in [0.4, 0.5) is 0 Å². The van der Waals surface area contributed by atoms with E-state index in [1.54, 1.807) is 0 Å². The topological polar surface area (TPSA) is 24.9 Å². The van der Waals surface area contributed by atoms with Gasteiger partial charge in [-0.1, -0.05) is 18.2 Å². The third-order valence-electron chi connectivity index (χ3n) is 2.01. The van der Waals surface area contributed by atoms with Gasteiger partial charge in [-0.15, -0.1) is 0 Å². The average Bonchev–Trinajstić information content (AvgIpc) is 2.09. The fraction of sp³-hybridized carbons (Fsp3) is 0.364. The number of aryl methyl sites for hydroxylation is 1. The highest BCUT2D eigenvalue weighted by Gasteiger charge is 2.09. The molecule has 13 heavy (non-hydrogen) atoms. The molecule has 0 bridgehead atoms. The van der Waals surface area contributed by atoms with Crippen LogP contribution >= 0.6 is 0 Å². The van der Waals surface area contributed by atoms with Crippen molar-refractivity contribution in [2.75, 3.05) is 7.05 Å². The van der Waals surface area contributed by atoms with Crippen molar-refractivity contribution in [1.82, 2.24) is 10.3 Å². The lowest BCUT2D eigenvalue weighted by Crippen LogP contribution is -2.18. The predicted molar refractivity (Wildman–Crippen MR) is 55.6 cm³/mol. The van der Waals surface area contributed by atoms with Crippen LogP contribution in [0.25, 0.3) is 0 Å². The molecule has 1 aromatic heterocycles. The van der Waals surface area contributed by atoms with Crippen molar-refractivity contribution in [3.63, 3.8) is 0 Å². The van der Waals surface area contributed by atoms with Crippen LogP contribution in [0.1, 0.15) is 24.2 Å². The highest BCUT2D eigenvalue weighted by Crippen LogP contribution is 2.16. The molecule has 1 rings (SSSR count). The first-order chi connectivity index (χ1) is 6.15. The molecule has 2 nitrogen and oxygen atoms in total. The van der Waals surface area contributed by atoms with E-state index in [0.717, 1.165) is 11.3 Å². The molecule has 0 aliphatic carbocycles. The first kappa shape index (κ1) is 9.93. The first-order valence-electron chi connectivity index (χ1n) is 4.40. The molecule has 1 atom stereocenters. The van der Waals surface area contributed by atoms with E-state index in [4.69, 9.17) is 0 Å². The molecule has 1 N–H and O–H groups in total. The smallest absolute Gasteiger partial charge is 0.0703 e. The number of nitrogens with zero attached hydrogens (tertiary/aromatic N) is 1. The molecule has 1 heterocycles. The van der Waals surface area contributed by atoms with Crippen LogP contribution in [0.5, 0.6) is 0 Å². The van der Waals surface area contributed by atoms with Crippen LogP contribution < -0.4 is 5.32 Å². The van der Waals surface area contributed by atoms with Gasteiger partial charge in [-0.05, 0) is 32.5 Å². The van der Waals surface area contributed by atoms with Gasteiger partial charge < -0.3 is 5.32 Å². The molecule has 0 aliphatic rings. The van der Waals surface area contributed by atoms with Crippen molar-refractivity contribution in [2.24, 2.45) is 0 Å². The van der Waals surface area contributed by atoms with E-state index in [0.29, 0.717) is 0 Å². The van der Waals surface area contributed by atoms with Gasteiger partial charge in [0.2, 0.25) is 0 Å². The van der Waals surface area contributed by atoms with Crippen molar-refractivity contribution in [1.29, 1.82) is 0 Å². The molecule has 0 aliphatic heterocycles. The van der Waals surface area contributed by atoms with Gasteiger partial charge in [-0.3, -0.25) is 4.98 Å². The molecule has 0 spiro atoms. The van der Waals surface area contributed by atoms with E-state index < -0.39 is 0 Å². The second kappa shape index (κ2) is 4.19. The van der Waals surface area contributed by atoms with Gasteiger partial charge in [0.05, 0.1) is 11.7 Å². The molecule has 0 amide bonds. The zero-order valence-corrected chi connectivity index (χ0v) is 8.46. The van der Waals surface area contributed by atoms with Crippen molar-refractivity contribution in [3.05, 3.63) is 41.7 Å². The molecule has 2 heteroatoms. The maximum absolute atomic E-state index is 4.35. The number of aromatic nitrogens is 1. The van der Waals surface area contributed by atoms with E-state index in [1.165, 1.54) is 5.56 Å². The summed E-state index contributed by atoms with van der Waals surface area (Å²) in [4.78, 5) is 4.35. The maximum atomic E-state index is 4.35. The lowest BCUT2D eigenvalue weighted by Gasteiger charge is -2.15. The van der Waals surface area contributed by atoms with Gasteiger partial charge >= 0.3 is 0 Å². The molecule has 0 saturated carbocycles. The minimum atomic E-state index is 0.167.